The van der Waals surface area contributed by atoms with E-state index in [1.807, 2.05) is 6.92 Å². The summed E-state index contributed by atoms with van der Waals surface area (Å²) in [4.78, 5) is 28.5. The fraction of sp³-hybridized carbons (Fsp3) is 0.517. The van der Waals surface area contributed by atoms with Crippen molar-refractivity contribution in [3.8, 4) is 0 Å². The number of carbonyl (C=O) groups is 2. The summed E-state index contributed by atoms with van der Waals surface area (Å²) in [7, 11) is -3.33. The molecule has 43 heavy (non-hydrogen) atoms. The first kappa shape index (κ1) is 31.9. The third-order valence-corrected chi connectivity index (χ3v) is 11.4. The number of hydrogen-bond donors (Lipinski definition) is 6. The lowest BCUT2D eigenvalue weighted by atomic mass is 9.82. The van der Waals surface area contributed by atoms with Gasteiger partial charge >= 0.3 is 0 Å². The van der Waals surface area contributed by atoms with Crippen molar-refractivity contribution in [1.29, 1.82) is 0 Å². The summed E-state index contributed by atoms with van der Waals surface area (Å²) in [6, 6.07) is 11.6. The Bertz CT molecular complexity index is 1380. The highest BCUT2D eigenvalue weighted by Crippen LogP contribution is 2.60. The summed E-state index contributed by atoms with van der Waals surface area (Å²) < 4.78 is 27.1. The number of fused-ring (bicyclic) bond motifs is 2. The molecule has 9 atom stereocenters. The van der Waals surface area contributed by atoms with E-state index in [4.69, 9.17) is 21.1 Å². The topological polar surface area (TPSA) is 169 Å². The van der Waals surface area contributed by atoms with Crippen molar-refractivity contribution < 1.29 is 48.7 Å². The number of anilines is 2. The van der Waals surface area contributed by atoms with E-state index in [2.05, 4.69) is 5.32 Å². The number of nitrogens with one attached hydrogen (secondary N) is 1. The zero-order valence-corrected chi connectivity index (χ0v) is 25.6. The average molecular weight is 639 g/mol. The number of benzene rings is 2. The summed E-state index contributed by atoms with van der Waals surface area (Å²) in [6.07, 6.45) is -9.21. The van der Waals surface area contributed by atoms with Crippen LogP contribution >= 0.6 is 11.6 Å². The molecule has 2 amide bonds. The summed E-state index contributed by atoms with van der Waals surface area (Å²) in [5.74, 6) is -1.70. The number of carbonyl (C=O) groups excluding carboxylic acids is 2. The minimum Gasteiger partial charge on any atom is -0.396 e. The predicted molar refractivity (Wildman–Crippen MR) is 156 cm³/mol. The Morgan fingerprint density at radius 2 is 1.77 bits per heavy atom. The van der Waals surface area contributed by atoms with E-state index in [0.29, 0.717) is 27.5 Å². The maximum Gasteiger partial charge on any atom is 0.264 e. The van der Waals surface area contributed by atoms with Gasteiger partial charge in [0.1, 0.15) is 18.3 Å². The molecule has 3 aliphatic rings. The second-order valence-electron chi connectivity index (χ2n) is 11.9. The van der Waals surface area contributed by atoms with E-state index in [0.717, 1.165) is 0 Å². The third kappa shape index (κ3) is 5.51. The standard InChI is InChI=1S/C29H36ClFN2O9Si/c1-14-25(43(2,3)31)20(10-11-34)42-29(14)18-12-16(30)6-9-19(18)33(28(29)40)13-15-4-7-17(8-5-15)32-26(38)24-22(36)21(35)23(37)27(39)41-24/h4-9,12,14,20-25,27,34-37,39H,10-11,13H2,1-3H3,(H,32,38)/t14-,20+,21-,22-,23+,24-,25-,27+,29+/m0/s1. The van der Waals surface area contributed by atoms with Gasteiger partial charge in [-0.25, -0.2) is 0 Å². The molecule has 2 fully saturated rings. The Labute approximate surface area is 254 Å². The number of nitrogens with zero attached hydrogens (tertiary/aromatic N) is 1. The quantitative estimate of drug-likeness (QED) is 0.196. The van der Waals surface area contributed by atoms with Gasteiger partial charge < -0.3 is 49.3 Å². The lowest BCUT2D eigenvalue weighted by Crippen LogP contribution is -2.60. The van der Waals surface area contributed by atoms with Crippen molar-refractivity contribution in [3.63, 3.8) is 0 Å². The van der Waals surface area contributed by atoms with Gasteiger partial charge in [-0.1, -0.05) is 30.7 Å². The monoisotopic (exact) mass is 638 g/mol. The van der Waals surface area contributed by atoms with Crippen molar-refractivity contribution in [2.24, 2.45) is 5.92 Å². The first-order valence-electron chi connectivity index (χ1n) is 14.1. The number of ether oxygens (including phenoxy) is 2. The molecule has 0 radical (unpaired) electrons. The highest BCUT2D eigenvalue weighted by atomic mass is 35.5. The van der Waals surface area contributed by atoms with E-state index >= 15 is 4.11 Å². The van der Waals surface area contributed by atoms with Crippen LogP contribution in [0.25, 0.3) is 0 Å². The number of rotatable bonds is 7. The van der Waals surface area contributed by atoms with E-state index in [9.17, 15) is 35.1 Å². The number of halogens is 2. The minimum absolute atomic E-state index is 0.131. The van der Waals surface area contributed by atoms with Crippen LogP contribution < -0.4 is 10.2 Å². The summed E-state index contributed by atoms with van der Waals surface area (Å²) >= 11 is 6.37. The van der Waals surface area contributed by atoms with Gasteiger partial charge in [0.25, 0.3) is 11.8 Å². The van der Waals surface area contributed by atoms with Gasteiger partial charge in [0.05, 0.1) is 18.3 Å². The van der Waals surface area contributed by atoms with Crippen LogP contribution in [0.5, 0.6) is 0 Å². The highest BCUT2D eigenvalue weighted by Gasteiger charge is 2.66. The average Bonchev–Trinajstić information content (AvgIpc) is 3.37. The molecule has 3 heterocycles. The molecule has 11 nitrogen and oxygen atoms in total. The van der Waals surface area contributed by atoms with Gasteiger partial charge in [-0.3, -0.25) is 9.59 Å². The van der Waals surface area contributed by atoms with Crippen molar-refractivity contribution in [2.75, 3.05) is 16.8 Å². The van der Waals surface area contributed by atoms with Crippen LogP contribution in [0.4, 0.5) is 15.5 Å². The molecule has 0 aliphatic carbocycles. The number of aliphatic hydroxyl groups excluding tert-OH is 5. The van der Waals surface area contributed by atoms with Gasteiger partial charge in [0.2, 0.25) is 8.41 Å². The molecule has 6 N–H and O–H groups in total. The Balaban J connectivity index is 1.38. The predicted octanol–water partition coefficient (Wildman–Crippen LogP) is 1.78. The van der Waals surface area contributed by atoms with E-state index in [1.165, 1.54) is 0 Å². The Kier molecular flexibility index (Phi) is 8.77. The molecule has 0 aromatic heterocycles. The highest BCUT2D eigenvalue weighted by molar-refractivity contribution is 6.72. The van der Waals surface area contributed by atoms with Gasteiger partial charge in [0, 0.05) is 34.3 Å². The molecule has 2 saturated heterocycles. The molecule has 2 aromatic rings. The number of hydrogen-bond acceptors (Lipinski definition) is 9. The molecular weight excluding hydrogens is 603 g/mol. The number of aliphatic hydroxyl groups is 5. The molecule has 1 spiro atoms. The molecular formula is C29H36ClFN2O9Si. The van der Waals surface area contributed by atoms with E-state index in [1.54, 1.807) is 60.5 Å². The maximum atomic E-state index is 15.6. The molecule has 14 heteroatoms. The molecule has 234 valence electrons. The van der Waals surface area contributed by atoms with E-state index < -0.39 is 68.2 Å². The zero-order valence-electron chi connectivity index (χ0n) is 23.9. The van der Waals surface area contributed by atoms with Gasteiger partial charge in [-0.15, -0.1) is 0 Å². The van der Waals surface area contributed by atoms with Crippen molar-refractivity contribution in [1.82, 2.24) is 0 Å². The fourth-order valence-corrected chi connectivity index (χ4v) is 9.46. The summed E-state index contributed by atoms with van der Waals surface area (Å²) in [5.41, 5.74) is 0.165. The van der Waals surface area contributed by atoms with Crippen LogP contribution in [-0.2, 0) is 31.2 Å². The van der Waals surface area contributed by atoms with Crippen LogP contribution in [0.3, 0.4) is 0 Å². The molecule has 5 rings (SSSR count). The van der Waals surface area contributed by atoms with Crippen LogP contribution in [0.15, 0.2) is 42.5 Å². The lowest BCUT2D eigenvalue weighted by Gasteiger charge is -2.37. The first-order chi connectivity index (χ1) is 20.2. The van der Waals surface area contributed by atoms with Crippen LogP contribution in [0.2, 0.25) is 23.7 Å². The van der Waals surface area contributed by atoms with Crippen LogP contribution in [-0.4, -0.2) is 89.2 Å². The lowest BCUT2D eigenvalue weighted by molar-refractivity contribution is -0.274. The van der Waals surface area contributed by atoms with Crippen molar-refractivity contribution >= 4 is 43.2 Å². The first-order valence-corrected chi connectivity index (χ1v) is 17.4. The molecule has 0 unspecified atom stereocenters. The number of amides is 2. The Hall–Kier alpha value is -2.46. The molecule has 2 aromatic carbocycles. The van der Waals surface area contributed by atoms with Gasteiger partial charge in [-0.2, -0.15) is 0 Å². The Morgan fingerprint density at radius 3 is 2.40 bits per heavy atom. The molecule has 3 aliphatic heterocycles. The van der Waals surface area contributed by atoms with Crippen LogP contribution in [0.1, 0.15) is 24.5 Å². The zero-order chi connectivity index (χ0) is 31.4. The second-order valence-corrected chi connectivity index (χ2v) is 16.2. The molecule has 0 bridgehead atoms. The third-order valence-electron chi connectivity index (χ3n) is 8.75. The van der Waals surface area contributed by atoms with Crippen LogP contribution in [0, 0.1) is 5.92 Å². The van der Waals surface area contributed by atoms with Crippen molar-refractivity contribution in [3.05, 3.63) is 58.6 Å². The normalized spacial score (nSPS) is 34.1. The maximum absolute atomic E-state index is 15.6. The van der Waals surface area contributed by atoms with Gasteiger partial charge in [0.15, 0.2) is 18.0 Å². The van der Waals surface area contributed by atoms with Gasteiger partial charge in [-0.05, 0) is 55.4 Å². The summed E-state index contributed by atoms with van der Waals surface area (Å²) in [6.45, 7) is 4.93. The summed E-state index contributed by atoms with van der Waals surface area (Å²) in [5, 5.41) is 52.0. The Morgan fingerprint density at radius 1 is 1.09 bits per heavy atom. The minimum atomic E-state index is -3.33. The smallest absolute Gasteiger partial charge is 0.264 e. The second kappa shape index (κ2) is 11.8. The van der Waals surface area contributed by atoms with E-state index in [-0.39, 0.29) is 25.5 Å². The largest absolute Gasteiger partial charge is 0.396 e. The SMILES string of the molecule is C[C@H]1[C@H]([Si](C)(C)F)[C@@H](CCO)O[C@]12C(=O)N(Cc1ccc(NC(=O)[C@H]3O[C@@H](O)[C@H](O)[C@@H](O)[C@@H]3O)cc1)c1ccc(Cl)cc12. The molecule has 0 saturated carbocycles. The fourth-order valence-electron chi connectivity index (χ4n) is 6.74. The van der Waals surface area contributed by atoms with Crippen molar-refractivity contribution in [2.45, 2.75) is 80.9 Å².